The number of hydrogen-bond acceptors (Lipinski definition) is 8. The van der Waals surface area contributed by atoms with Gasteiger partial charge in [-0.2, -0.15) is 4.98 Å². The molecule has 5 aromatic rings. The van der Waals surface area contributed by atoms with Crippen molar-refractivity contribution in [1.29, 1.82) is 0 Å². The van der Waals surface area contributed by atoms with Gasteiger partial charge < -0.3 is 33.5 Å². The minimum Gasteiger partial charge on any atom is -0.497 e. The quantitative estimate of drug-likeness (QED) is 0.124. The Balaban J connectivity index is 1.35. The zero-order chi connectivity index (χ0) is 32.3. The second-order valence-corrected chi connectivity index (χ2v) is 11.3. The van der Waals surface area contributed by atoms with Crippen molar-refractivity contribution in [1.82, 2.24) is 19.4 Å². The van der Waals surface area contributed by atoms with Gasteiger partial charge in [-0.15, -0.1) is 0 Å². The largest absolute Gasteiger partial charge is 0.497 e. The molecule has 2 N–H and O–H groups in total. The molecule has 1 fully saturated rings. The Morgan fingerprint density at radius 3 is 2.17 bits per heavy atom. The van der Waals surface area contributed by atoms with Gasteiger partial charge in [0.1, 0.15) is 29.4 Å². The molecular formula is C35H37N5O6. The fraction of sp³-hybridized carbons (Fsp3) is 0.286. The molecule has 238 valence electrons. The van der Waals surface area contributed by atoms with Crippen molar-refractivity contribution in [2.45, 2.75) is 30.5 Å². The Hall–Kier alpha value is -4.97. The summed E-state index contributed by atoms with van der Waals surface area (Å²) in [4.78, 5) is 26.0. The van der Waals surface area contributed by atoms with Crippen LogP contribution in [0.2, 0.25) is 0 Å². The summed E-state index contributed by atoms with van der Waals surface area (Å²) in [5, 5.41) is 11.7. The number of aliphatic hydroxyl groups excluding tert-OH is 1. The van der Waals surface area contributed by atoms with Crippen LogP contribution in [0.4, 0.5) is 5.95 Å². The number of nitrogens with zero attached hydrogens (tertiary/aromatic N) is 4. The van der Waals surface area contributed by atoms with Gasteiger partial charge in [0.25, 0.3) is 5.56 Å². The van der Waals surface area contributed by atoms with E-state index in [1.807, 2.05) is 93.0 Å². The van der Waals surface area contributed by atoms with Crippen LogP contribution in [0.3, 0.4) is 0 Å². The predicted octanol–water partition coefficient (Wildman–Crippen LogP) is 4.62. The number of aliphatic imine (C=N–C) groups is 1. The summed E-state index contributed by atoms with van der Waals surface area (Å²) in [6, 6.07) is 27.2. The average molecular weight is 624 g/mol. The van der Waals surface area contributed by atoms with Crippen molar-refractivity contribution in [3.63, 3.8) is 0 Å². The molecule has 3 aromatic carbocycles. The Bertz CT molecular complexity index is 1800. The van der Waals surface area contributed by atoms with Gasteiger partial charge in [0.15, 0.2) is 5.65 Å². The molecule has 3 atom stereocenters. The molecule has 0 amide bonds. The van der Waals surface area contributed by atoms with E-state index in [9.17, 15) is 9.90 Å². The van der Waals surface area contributed by atoms with Gasteiger partial charge in [-0.05, 0) is 47.0 Å². The summed E-state index contributed by atoms with van der Waals surface area (Å²) in [6.45, 7) is 0.0657. The smallest absolute Gasteiger partial charge is 0.261 e. The number of aromatic nitrogens is 3. The molecule has 0 saturated carbocycles. The number of methoxy groups -OCH3 is 2. The minimum absolute atomic E-state index is 0.0657. The predicted molar refractivity (Wildman–Crippen MR) is 175 cm³/mol. The van der Waals surface area contributed by atoms with Crippen molar-refractivity contribution in [3.05, 3.63) is 118 Å². The lowest BCUT2D eigenvalue weighted by atomic mass is 9.80. The Kier molecular flexibility index (Phi) is 8.89. The lowest BCUT2D eigenvalue weighted by Crippen LogP contribution is -2.38. The van der Waals surface area contributed by atoms with Crippen LogP contribution in [0.5, 0.6) is 11.5 Å². The van der Waals surface area contributed by atoms with E-state index >= 15 is 0 Å². The molecule has 3 heterocycles. The van der Waals surface area contributed by atoms with Crippen LogP contribution in [0.1, 0.15) is 29.3 Å². The summed E-state index contributed by atoms with van der Waals surface area (Å²) >= 11 is 0. The highest BCUT2D eigenvalue weighted by Crippen LogP contribution is 2.43. The first-order chi connectivity index (χ1) is 22.3. The van der Waals surface area contributed by atoms with E-state index in [0.717, 1.165) is 28.2 Å². The van der Waals surface area contributed by atoms with Gasteiger partial charge in [0.05, 0.1) is 38.7 Å². The normalized spacial score (nSPS) is 18.3. The molecule has 0 spiro atoms. The van der Waals surface area contributed by atoms with E-state index in [1.165, 1.54) is 0 Å². The SMILES string of the molecule is COc1ccc(C(OC[C@H]2O[C@@H](n3ccc4c(=O)[nH]c(N=CN(C)C)nc43)C[C@@H]2O)(c2ccccc2)c2ccc(OC)cc2)cc1. The van der Waals surface area contributed by atoms with Crippen LogP contribution < -0.4 is 15.0 Å². The van der Waals surface area contributed by atoms with E-state index in [2.05, 4.69) is 15.0 Å². The molecule has 46 heavy (non-hydrogen) atoms. The van der Waals surface area contributed by atoms with Crippen LogP contribution >= 0.6 is 0 Å². The zero-order valence-corrected chi connectivity index (χ0v) is 26.2. The number of H-pyrrole nitrogens is 1. The number of rotatable bonds is 11. The molecule has 1 aliphatic heterocycles. The number of fused-ring (bicyclic) bond motifs is 1. The van der Waals surface area contributed by atoms with Crippen LogP contribution in [0.25, 0.3) is 11.0 Å². The zero-order valence-electron chi connectivity index (χ0n) is 26.2. The number of nitrogens with one attached hydrogen (secondary N) is 1. The first-order valence-electron chi connectivity index (χ1n) is 15.0. The van der Waals surface area contributed by atoms with Crippen LogP contribution in [0, 0.1) is 0 Å². The number of ether oxygens (including phenoxy) is 4. The molecule has 0 bridgehead atoms. The molecule has 11 heteroatoms. The molecule has 0 radical (unpaired) electrons. The van der Waals surface area contributed by atoms with Crippen molar-refractivity contribution in [2.75, 3.05) is 34.9 Å². The summed E-state index contributed by atoms with van der Waals surface area (Å²) in [7, 11) is 6.92. The van der Waals surface area contributed by atoms with E-state index < -0.39 is 24.0 Å². The molecule has 11 nitrogen and oxygen atoms in total. The fourth-order valence-corrected chi connectivity index (χ4v) is 5.81. The van der Waals surface area contributed by atoms with E-state index in [-0.39, 0.29) is 24.5 Å². The first kappa shape index (κ1) is 31.0. The summed E-state index contributed by atoms with van der Waals surface area (Å²) in [6.07, 6.45) is 1.51. The topological polar surface area (TPSA) is 123 Å². The maximum atomic E-state index is 12.8. The second-order valence-electron chi connectivity index (χ2n) is 11.3. The van der Waals surface area contributed by atoms with Crippen molar-refractivity contribution < 1.29 is 24.1 Å². The first-order valence-corrected chi connectivity index (χ1v) is 15.0. The van der Waals surface area contributed by atoms with E-state index in [0.29, 0.717) is 11.0 Å². The van der Waals surface area contributed by atoms with Gasteiger partial charge in [0, 0.05) is 26.7 Å². The monoisotopic (exact) mass is 623 g/mol. The third-order valence-corrected chi connectivity index (χ3v) is 8.13. The number of aliphatic hydroxyl groups is 1. The van der Waals surface area contributed by atoms with Gasteiger partial charge in [-0.25, -0.2) is 4.99 Å². The lowest BCUT2D eigenvalue weighted by molar-refractivity contribution is -0.0930. The van der Waals surface area contributed by atoms with Gasteiger partial charge in [-0.1, -0.05) is 54.6 Å². The summed E-state index contributed by atoms with van der Waals surface area (Å²) < 4.78 is 26.1. The Labute approximate surface area is 266 Å². The average Bonchev–Trinajstić information content (AvgIpc) is 3.68. The number of benzene rings is 3. The van der Waals surface area contributed by atoms with Crippen molar-refractivity contribution in [3.8, 4) is 11.5 Å². The summed E-state index contributed by atoms with van der Waals surface area (Å²) in [5.74, 6) is 1.62. The standard InChI is InChI=1S/C35H37N5O6/c1-39(2)22-36-34-37-32-28(33(42)38-34)18-19-40(32)31-20-29(41)30(46-31)21-45-35(23-8-6-5-7-9-23,24-10-14-26(43-3)15-11-24)25-12-16-27(44-4)17-13-25/h5-19,22,29-31,41H,20-21H2,1-4H3,(H,37,38,42)/t29-,30+,31+/m0/s1. The third kappa shape index (κ3) is 6.00. The van der Waals surface area contributed by atoms with E-state index in [1.54, 1.807) is 42.3 Å². The minimum atomic E-state index is -1.06. The maximum Gasteiger partial charge on any atom is 0.261 e. The van der Waals surface area contributed by atoms with Gasteiger partial charge >= 0.3 is 0 Å². The third-order valence-electron chi connectivity index (χ3n) is 8.13. The molecule has 1 aliphatic rings. The molecule has 6 rings (SSSR count). The maximum absolute atomic E-state index is 12.8. The fourth-order valence-electron chi connectivity index (χ4n) is 5.81. The molecule has 0 unspecified atom stereocenters. The van der Waals surface area contributed by atoms with Crippen molar-refractivity contribution >= 4 is 23.3 Å². The Morgan fingerprint density at radius 1 is 0.978 bits per heavy atom. The molecule has 0 aliphatic carbocycles. The molecular weight excluding hydrogens is 586 g/mol. The van der Waals surface area contributed by atoms with Crippen molar-refractivity contribution in [2.24, 2.45) is 4.99 Å². The lowest BCUT2D eigenvalue weighted by Gasteiger charge is -2.37. The van der Waals surface area contributed by atoms with Crippen LogP contribution in [-0.2, 0) is 15.1 Å². The van der Waals surface area contributed by atoms with Gasteiger partial charge in [0.2, 0.25) is 5.95 Å². The summed E-state index contributed by atoms with van der Waals surface area (Å²) in [5.41, 5.74) is 1.71. The van der Waals surface area contributed by atoms with Crippen LogP contribution in [0.15, 0.2) is 101 Å². The molecule has 2 aromatic heterocycles. The highest BCUT2D eigenvalue weighted by Gasteiger charge is 2.42. The number of hydrogen-bond donors (Lipinski definition) is 2. The molecule has 1 saturated heterocycles. The van der Waals surface area contributed by atoms with Crippen LogP contribution in [-0.4, -0.2) is 78.0 Å². The van der Waals surface area contributed by atoms with Gasteiger partial charge in [-0.3, -0.25) is 9.78 Å². The number of aromatic amines is 1. The Morgan fingerprint density at radius 2 is 1.59 bits per heavy atom. The highest BCUT2D eigenvalue weighted by atomic mass is 16.6. The highest BCUT2D eigenvalue weighted by molar-refractivity contribution is 5.76. The van der Waals surface area contributed by atoms with E-state index in [4.69, 9.17) is 18.9 Å². The second kappa shape index (κ2) is 13.2.